The quantitative estimate of drug-likeness (QED) is 0.116. The molecule has 4 nitrogen and oxygen atoms in total. The SMILES string of the molecule is O=C(/C=C/c1cccc(F)c1)c1ccc(OCCCCSc2nc3ccccc3o2)cc1. The van der Waals surface area contributed by atoms with Crippen LogP contribution in [0.3, 0.4) is 0 Å². The molecule has 0 saturated heterocycles. The first-order valence-corrected chi connectivity index (χ1v) is 11.4. The van der Waals surface area contributed by atoms with Crippen LogP contribution in [-0.2, 0) is 0 Å². The molecule has 0 spiro atoms. The first-order chi connectivity index (χ1) is 15.7. The Balaban J connectivity index is 1.17. The molecule has 0 radical (unpaired) electrons. The third-order valence-electron chi connectivity index (χ3n) is 4.72. The number of fused-ring (bicyclic) bond motifs is 1. The van der Waals surface area contributed by atoms with E-state index < -0.39 is 0 Å². The van der Waals surface area contributed by atoms with Crippen LogP contribution in [0, 0.1) is 5.82 Å². The van der Waals surface area contributed by atoms with Gasteiger partial charge in [0.05, 0.1) is 6.61 Å². The predicted molar refractivity (Wildman–Crippen MR) is 126 cm³/mol. The summed E-state index contributed by atoms with van der Waals surface area (Å²) in [6.07, 6.45) is 4.93. The van der Waals surface area contributed by atoms with Gasteiger partial charge in [0.15, 0.2) is 11.4 Å². The second kappa shape index (κ2) is 10.8. The van der Waals surface area contributed by atoms with Crippen LogP contribution in [0.15, 0.2) is 88.5 Å². The highest BCUT2D eigenvalue weighted by Gasteiger charge is 2.06. The highest BCUT2D eigenvalue weighted by molar-refractivity contribution is 7.99. The van der Waals surface area contributed by atoms with Crippen LogP contribution in [0.25, 0.3) is 17.2 Å². The van der Waals surface area contributed by atoms with Crippen molar-refractivity contribution in [3.05, 3.63) is 95.8 Å². The minimum Gasteiger partial charge on any atom is -0.494 e. The number of unbranched alkanes of at least 4 members (excludes halogenated alkanes) is 1. The van der Waals surface area contributed by atoms with Crippen molar-refractivity contribution < 1.29 is 18.3 Å². The normalized spacial score (nSPS) is 11.3. The van der Waals surface area contributed by atoms with Crippen LogP contribution in [0.1, 0.15) is 28.8 Å². The Labute approximate surface area is 190 Å². The number of ether oxygens (including phenoxy) is 1. The molecule has 0 atom stereocenters. The molecule has 4 aromatic rings. The maximum absolute atomic E-state index is 13.2. The maximum atomic E-state index is 13.2. The predicted octanol–water partition coefficient (Wildman–Crippen LogP) is 6.81. The summed E-state index contributed by atoms with van der Waals surface area (Å²) in [5, 5.41) is 0.693. The largest absolute Gasteiger partial charge is 0.494 e. The summed E-state index contributed by atoms with van der Waals surface area (Å²) in [7, 11) is 0. The van der Waals surface area contributed by atoms with Gasteiger partial charge in [0.25, 0.3) is 5.22 Å². The first kappa shape index (κ1) is 21.8. The summed E-state index contributed by atoms with van der Waals surface area (Å²) < 4.78 is 24.7. The van der Waals surface area contributed by atoms with Crippen molar-refractivity contribution >= 4 is 34.7 Å². The maximum Gasteiger partial charge on any atom is 0.256 e. The van der Waals surface area contributed by atoms with Gasteiger partial charge in [0.1, 0.15) is 17.1 Å². The molecular formula is C26H22FNO3S. The lowest BCUT2D eigenvalue weighted by atomic mass is 10.1. The summed E-state index contributed by atoms with van der Waals surface area (Å²) in [5.41, 5.74) is 2.89. The summed E-state index contributed by atoms with van der Waals surface area (Å²) in [6, 6.07) is 20.9. The van der Waals surface area contributed by atoms with Gasteiger partial charge in [0.2, 0.25) is 0 Å². The highest BCUT2D eigenvalue weighted by atomic mass is 32.2. The van der Waals surface area contributed by atoms with E-state index in [1.54, 1.807) is 54.2 Å². The molecule has 3 aromatic carbocycles. The number of hydrogen-bond donors (Lipinski definition) is 0. The van der Waals surface area contributed by atoms with Gasteiger partial charge in [-0.1, -0.05) is 42.1 Å². The Morgan fingerprint density at radius 2 is 1.88 bits per heavy atom. The topological polar surface area (TPSA) is 52.3 Å². The number of ketones is 1. The van der Waals surface area contributed by atoms with Crippen LogP contribution in [-0.4, -0.2) is 23.1 Å². The standard InChI is InChI=1S/C26H22FNO3S/c27-21-7-5-6-19(18-21)10-15-24(29)20-11-13-22(14-12-20)30-16-3-4-17-32-26-28-23-8-1-2-9-25(23)31-26/h1-2,5-15,18H,3-4,16-17H2/b15-10+. The first-order valence-electron chi connectivity index (χ1n) is 10.4. The molecule has 0 aliphatic heterocycles. The fourth-order valence-corrected chi connectivity index (χ4v) is 3.89. The van der Waals surface area contributed by atoms with Gasteiger partial charge >= 0.3 is 0 Å². The Bertz CT molecular complexity index is 1180. The van der Waals surface area contributed by atoms with E-state index in [4.69, 9.17) is 9.15 Å². The molecule has 0 saturated carbocycles. The molecule has 0 aliphatic carbocycles. The van der Waals surface area contributed by atoms with Gasteiger partial charge in [-0.25, -0.2) is 9.37 Å². The number of thioether (sulfide) groups is 1. The minimum atomic E-state index is -0.328. The fraction of sp³-hybridized carbons (Fsp3) is 0.154. The van der Waals surface area contributed by atoms with Crippen molar-refractivity contribution in [2.45, 2.75) is 18.1 Å². The van der Waals surface area contributed by atoms with Crippen LogP contribution >= 0.6 is 11.8 Å². The van der Waals surface area contributed by atoms with E-state index in [1.165, 1.54) is 18.2 Å². The molecule has 1 aromatic heterocycles. The number of aromatic nitrogens is 1. The number of carbonyl (C=O) groups is 1. The summed E-state index contributed by atoms with van der Waals surface area (Å²) in [5.74, 6) is 1.16. The highest BCUT2D eigenvalue weighted by Crippen LogP contribution is 2.24. The zero-order valence-electron chi connectivity index (χ0n) is 17.4. The molecule has 32 heavy (non-hydrogen) atoms. The number of allylic oxidation sites excluding steroid dienone is 1. The van der Waals surface area contributed by atoms with Crippen LogP contribution in [0.2, 0.25) is 0 Å². The van der Waals surface area contributed by atoms with Gasteiger partial charge in [-0.3, -0.25) is 4.79 Å². The molecule has 0 aliphatic rings. The van der Waals surface area contributed by atoms with E-state index in [0.717, 1.165) is 35.4 Å². The molecule has 4 rings (SSSR count). The van der Waals surface area contributed by atoms with Gasteiger partial charge in [-0.05, 0) is 73.0 Å². The van der Waals surface area contributed by atoms with Gasteiger partial charge in [-0.2, -0.15) is 0 Å². The molecule has 0 bridgehead atoms. The van der Waals surface area contributed by atoms with Crippen molar-refractivity contribution in [3.8, 4) is 5.75 Å². The number of rotatable bonds is 10. The second-order valence-corrected chi connectivity index (χ2v) is 8.17. The molecule has 0 unspecified atom stereocenters. The van der Waals surface area contributed by atoms with E-state index in [2.05, 4.69) is 4.98 Å². The zero-order valence-corrected chi connectivity index (χ0v) is 18.2. The summed E-state index contributed by atoms with van der Waals surface area (Å²) >= 11 is 1.60. The minimum absolute atomic E-state index is 0.142. The molecule has 6 heteroatoms. The third kappa shape index (κ3) is 6.08. The number of hydrogen-bond acceptors (Lipinski definition) is 5. The van der Waals surface area contributed by atoms with Crippen LogP contribution in [0.5, 0.6) is 5.75 Å². The van der Waals surface area contributed by atoms with E-state index >= 15 is 0 Å². The number of nitrogens with zero attached hydrogens (tertiary/aromatic N) is 1. The van der Waals surface area contributed by atoms with Crippen molar-refractivity contribution in [3.63, 3.8) is 0 Å². The lowest BCUT2D eigenvalue weighted by molar-refractivity contribution is 0.104. The average Bonchev–Trinajstić information content (AvgIpc) is 3.23. The summed E-state index contributed by atoms with van der Waals surface area (Å²) in [4.78, 5) is 16.7. The van der Waals surface area contributed by atoms with Gasteiger partial charge < -0.3 is 9.15 Å². The number of halogens is 1. The molecule has 0 amide bonds. The van der Waals surface area contributed by atoms with Crippen molar-refractivity contribution in [1.29, 1.82) is 0 Å². The fourth-order valence-electron chi connectivity index (χ4n) is 3.06. The Morgan fingerprint density at radius 3 is 2.69 bits per heavy atom. The second-order valence-electron chi connectivity index (χ2n) is 7.13. The Hall–Kier alpha value is -3.38. The molecule has 0 fully saturated rings. The molecular weight excluding hydrogens is 425 g/mol. The molecule has 162 valence electrons. The Kier molecular flexibility index (Phi) is 7.35. The summed E-state index contributed by atoms with van der Waals surface area (Å²) in [6.45, 7) is 0.598. The molecule has 1 heterocycles. The Morgan fingerprint density at radius 1 is 1.03 bits per heavy atom. The van der Waals surface area contributed by atoms with Crippen molar-refractivity contribution in [2.75, 3.05) is 12.4 Å². The monoisotopic (exact) mass is 447 g/mol. The number of carbonyl (C=O) groups excluding carboxylic acids is 1. The number of para-hydroxylation sites is 2. The van der Waals surface area contributed by atoms with E-state index in [1.807, 2.05) is 24.3 Å². The lowest BCUT2D eigenvalue weighted by Crippen LogP contribution is -1.99. The van der Waals surface area contributed by atoms with E-state index in [9.17, 15) is 9.18 Å². The van der Waals surface area contributed by atoms with Gasteiger partial charge in [-0.15, -0.1) is 0 Å². The zero-order chi connectivity index (χ0) is 22.2. The number of benzene rings is 3. The third-order valence-corrected chi connectivity index (χ3v) is 5.64. The number of oxazole rings is 1. The van der Waals surface area contributed by atoms with Crippen LogP contribution < -0.4 is 4.74 Å². The molecule has 0 N–H and O–H groups in total. The smallest absolute Gasteiger partial charge is 0.256 e. The van der Waals surface area contributed by atoms with Crippen LogP contribution in [0.4, 0.5) is 4.39 Å². The van der Waals surface area contributed by atoms with E-state index in [-0.39, 0.29) is 11.6 Å². The van der Waals surface area contributed by atoms with Crippen molar-refractivity contribution in [1.82, 2.24) is 4.98 Å². The van der Waals surface area contributed by atoms with E-state index in [0.29, 0.717) is 23.0 Å². The lowest BCUT2D eigenvalue weighted by Gasteiger charge is -2.06. The van der Waals surface area contributed by atoms with Gasteiger partial charge in [0, 0.05) is 11.3 Å². The van der Waals surface area contributed by atoms with Crippen molar-refractivity contribution in [2.24, 2.45) is 0 Å². The average molecular weight is 448 g/mol.